The number of carbonyl (C=O) groups excluding carboxylic acids is 1. The van der Waals surface area contributed by atoms with Gasteiger partial charge < -0.3 is 10.6 Å². The molecule has 0 atom stereocenters. The first kappa shape index (κ1) is 18.9. The monoisotopic (exact) mass is 375 g/mol. The average Bonchev–Trinajstić information content (AvgIpc) is 3.26. The molecule has 1 aliphatic carbocycles. The van der Waals surface area contributed by atoms with Crippen molar-refractivity contribution >= 4 is 18.3 Å². The van der Waals surface area contributed by atoms with Crippen LogP contribution in [0, 0.1) is 6.92 Å². The molecule has 1 saturated heterocycles. The van der Waals surface area contributed by atoms with Crippen molar-refractivity contribution in [2.75, 3.05) is 19.6 Å². The van der Waals surface area contributed by atoms with Crippen molar-refractivity contribution in [3.8, 4) is 0 Å². The molecule has 2 aromatic rings. The molecule has 0 radical (unpaired) electrons. The van der Waals surface area contributed by atoms with Crippen LogP contribution in [-0.4, -0.2) is 40.5 Å². The number of hydrogen-bond acceptors (Lipinski definition) is 4. The molecule has 0 spiro atoms. The van der Waals surface area contributed by atoms with Gasteiger partial charge in [0, 0.05) is 12.0 Å². The Kier molecular flexibility index (Phi) is 5.63. The lowest BCUT2D eigenvalue weighted by atomic mass is 9.92. The van der Waals surface area contributed by atoms with Crippen LogP contribution in [0.3, 0.4) is 0 Å². The van der Waals surface area contributed by atoms with Crippen LogP contribution in [0.1, 0.15) is 53.3 Å². The van der Waals surface area contributed by atoms with Crippen molar-refractivity contribution < 1.29 is 4.79 Å². The molecule has 140 valence electrons. The zero-order chi connectivity index (χ0) is 17.3. The summed E-state index contributed by atoms with van der Waals surface area (Å²) in [6.45, 7) is 4.79. The van der Waals surface area contributed by atoms with E-state index in [2.05, 4.69) is 52.1 Å². The van der Waals surface area contributed by atoms with Gasteiger partial charge in [0.15, 0.2) is 5.69 Å². The maximum atomic E-state index is 12.5. The molecule has 1 saturated carbocycles. The molecule has 1 aromatic carbocycles. The smallest absolute Gasteiger partial charge is 0.273 e. The number of nitrogens with zero attached hydrogens (tertiary/aromatic N) is 3. The Balaban J connectivity index is 0.00000196. The lowest BCUT2D eigenvalue weighted by Gasteiger charge is -2.22. The van der Waals surface area contributed by atoms with E-state index in [0.29, 0.717) is 18.3 Å². The summed E-state index contributed by atoms with van der Waals surface area (Å²) in [5.41, 5.74) is 3.17. The molecular weight excluding hydrogens is 350 g/mol. The second-order valence-corrected chi connectivity index (χ2v) is 7.34. The SMILES string of the molecule is Cc1ccccc1C1(CNC(=O)c2cn(C3CCNCC3)nn2)CC1.Cl. The van der Waals surface area contributed by atoms with Crippen LogP contribution in [0.15, 0.2) is 30.5 Å². The highest BCUT2D eigenvalue weighted by atomic mass is 35.5. The van der Waals surface area contributed by atoms with Crippen LogP contribution in [-0.2, 0) is 5.41 Å². The molecule has 2 fully saturated rings. The van der Waals surface area contributed by atoms with Gasteiger partial charge in [-0.2, -0.15) is 0 Å². The number of benzene rings is 1. The molecule has 1 aliphatic heterocycles. The number of aromatic nitrogens is 3. The molecule has 2 N–H and O–H groups in total. The molecule has 0 bridgehead atoms. The Bertz CT molecular complexity index is 765. The van der Waals surface area contributed by atoms with Gasteiger partial charge in [-0.15, -0.1) is 17.5 Å². The Hall–Kier alpha value is -1.92. The van der Waals surface area contributed by atoms with Crippen LogP contribution in [0.5, 0.6) is 0 Å². The second kappa shape index (κ2) is 7.76. The van der Waals surface area contributed by atoms with Crippen molar-refractivity contribution in [3.05, 3.63) is 47.3 Å². The second-order valence-electron chi connectivity index (χ2n) is 7.34. The lowest BCUT2D eigenvalue weighted by Crippen LogP contribution is -2.33. The van der Waals surface area contributed by atoms with Crippen LogP contribution in [0.25, 0.3) is 0 Å². The summed E-state index contributed by atoms with van der Waals surface area (Å²) in [5, 5.41) is 14.7. The van der Waals surface area contributed by atoms with E-state index in [1.54, 1.807) is 6.20 Å². The van der Waals surface area contributed by atoms with Crippen molar-refractivity contribution in [1.29, 1.82) is 0 Å². The number of halogens is 1. The highest BCUT2D eigenvalue weighted by Gasteiger charge is 2.45. The molecule has 1 amide bonds. The van der Waals surface area contributed by atoms with Gasteiger partial charge in [0.05, 0.1) is 12.2 Å². The maximum Gasteiger partial charge on any atom is 0.273 e. The minimum absolute atomic E-state index is 0. The standard InChI is InChI=1S/C19H25N5O.ClH/c1-14-4-2-3-5-16(14)19(8-9-19)13-21-18(25)17-12-24(23-22-17)15-6-10-20-11-7-15;/h2-5,12,15,20H,6-11,13H2,1H3,(H,21,25);1H. The summed E-state index contributed by atoms with van der Waals surface area (Å²) in [6, 6.07) is 8.81. The summed E-state index contributed by atoms with van der Waals surface area (Å²) in [5.74, 6) is -0.125. The fourth-order valence-corrected chi connectivity index (χ4v) is 3.83. The third-order valence-electron chi connectivity index (χ3n) is 5.58. The molecule has 2 heterocycles. The lowest BCUT2D eigenvalue weighted by molar-refractivity contribution is 0.0944. The molecule has 4 rings (SSSR count). The number of amides is 1. The molecule has 0 unspecified atom stereocenters. The number of rotatable bonds is 5. The largest absolute Gasteiger partial charge is 0.350 e. The van der Waals surface area contributed by atoms with Gasteiger partial charge in [-0.05, 0) is 56.8 Å². The average molecular weight is 376 g/mol. The highest BCUT2D eigenvalue weighted by molar-refractivity contribution is 5.91. The Morgan fingerprint density at radius 1 is 1.31 bits per heavy atom. The minimum atomic E-state index is -0.125. The van der Waals surface area contributed by atoms with Gasteiger partial charge >= 0.3 is 0 Å². The molecule has 2 aliphatic rings. The van der Waals surface area contributed by atoms with Gasteiger partial charge in [0.1, 0.15) is 0 Å². The number of aryl methyl sites for hydroxylation is 1. The van der Waals surface area contributed by atoms with E-state index in [0.717, 1.165) is 38.8 Å². The molecule has 26 heavy (non-hydrogen) atoms. The van der Waals surface area contributed by atoms with Gasteiger partial charge in [0.2, 0.25) is 0 Å². The third-order valence-corrected chi connectivity index (χ3v) is 5.58. The van der Waals surface area contributed by atoms with E-state index in [-0.39, 0.29) is 23.7 Å². The summed E-state index contributed by atoms with van der Waals surface area (Å²) in [7, 11) is 0. The number of hydrogen-bond donors (Lipinski definition) is 2. The Morgan fingerprint density at radius 2 is 2.04 bits per heavy atom. The van der Waals surface area contributed by atoms with E-state index in [9.17, 15) is 4.79 Å². The van der Waals surface area contributed by atoms with Gasteiger partial charge in [-0.3, -0.25) is 4.79 Å². The van der Waals surface area contributed by atoms with Crippen LogP contribution < -0.4 is 10.6 Å². The zero-order valence-electron chi connectivity index (χ0n) is 15.1. The highest BCUT2D eigenvalue weighted by Crippen LogP contribution is 2.48. The van der Waals surface area contributed by atoms with Crippen molar-refractivity contribution in [2.24, 2.45) is 0 Å². The summed E-state index contributed by atoms with van der Waals surface area (Å²) in [6.07, 6.45) is 6.10. The van der Waals surface area contributed by atoms with Crippen molar-refractivity contribution in [1.82, 2.24) is 25.6 Å². The van der Waals surface area contributed by atoms with E-state index in [1.165, 1.54) is 11.1 Å². The van der Waals surface area contributed by atoms with Crippen molar-refractivity contribution in [2.45, 2.75) is 44.1 Å². The van der Waals surface area contributed by atoms with E-state index in [4.69, 9.17) is 0 Å². The van der Waals surface area contributed by atoms with Crippen molar-refractivity contribution in [3.63, 3.8) is 0 Å². The van der Waals surface area contributed by atoms with E-state index in [1.807, 2.05) is 4.68 Å². The summed E-state index contributed by atoms with van der Waals surface area (Å²) in [4.78, 5) is 12.5. The number of nitrogens with one attached hydrogen (secondary N) is 2. The molecule has 6 nitrogen and oxygen atoms in total. The Morgan fingerprint density at radius 3 is 2.73 bits per heavy atom. The summed E-state index contributed by atoms with van der Waals surface area (Å²) >= 11 is 0. The zero-order valence-corrected chi connectivity index (χ0v) is 15.9. The summed E-state index contributed by atoms with van der Waals surface area (Å²) < 4.78 is 1.85. The molecule has 7 heteroatoms. The maximum absolute atomic E-state index is 12.5. The Labute approximate surface area is 160 Å². The van der Waals surface area contributed by atoms with Crippen LogP contribution in [0.2, 0.25) is 0 Å². The van der Waals surface area contributed by atoms with Gasteiger partial charge in [-0.25, -0.2) is 4.68 Å². The first-order chi connectivity index (χ1) is 12.2. The first-order valence-electron chi connectivity index (χ1n) is 9.15. The first-order valence-corrected chi connectivity index (χ1v) is 9.15. The fraction of sp³-hybridized carbons (Fsp3) is 0.526. The number of piperidine rings is 1. The number of carbonyl (C=O) groups is 1. The topological polar surface area (TPSA) is 71.8 Å². The van der Waals surface area contributed by atoms with Crippen LogP contribution >= 0.6 is 12.4 Å². The molecule has 1 aromatic heterocycles. The van der Waals surface area contributed by atoms with E-state index < -0.39 is 0 Å². The predicted molar refractivity (Wildman–Crippen MR) is 103 cm³/mol. The van der Waals surface area contributed by atoms with Crippen LogP contribution in [0.4, 0.5) is 0 Å². The molecular formula is C19H26ClN5O. The predicted octanol–water partition coefficient (Wildman–Crippen LogP) is 2.39. The normalized spacial score (nSPS) is 18.8. The third kappa shape index (κ3) is 3.76. The van der Waals surface area contributed by atoms with Gasteiger partial charge in [-0.1, -0.05) is 29.5 Å². The minimum Gasteiger partial charge on any atom is -0.350 e. The van der Waals surface area contributed by atoms with Gasteiger partial charge in [0.25, 0.3) is 5.91 Å². The fourth-order valence-electron chi connectivity index (χ4n) is 3.83. The van der Waals surface area contributed by atoms with E-state index >= 15 is 0 Å². The quantitative estimate of drug-likeness (QED) is 0.841.